The Morgan fingerprint density at radius 1 is 1.15 bits per heavy atom. The first-order valence-corrected chi connectivity index (χ1v) is 10.9. The van der Waals surface area contributed by atoms with Crippen LogP contribution in [0.1, 0.15) is 36.9 Å². The van der Waals surface area contributed by atoms with Crippen molar-refractivity contribution in [3.05, 3.63) is 65.5 Å². The second-order valence-electron chi connectivity index (χ2n) is 7.40. The molecule has 0 radical (unpaired) electrons. The fourth-order valence-electron chi connectivity index (χ4n) is 3.60. The molecule has 1 aliphatic heterocycles. The van der Waals surface area contributed by atoms with Gasteiger partial charge in [0.1, 0.15) is 5.82 Å². The van der Waals surface area contributed by atoms with Crippen LogP contribution in [0.15, 0.2) is 53.4 Å². The van der Waals surface area contributed by atoms with E-state index >= 15 is 0 Å². The molecule has 1 fully saturated rings. The minimum Gasteiger partial charge on any atom is -0.296 e. The highest BCUT2D eigenvalue weighted by atomic mass is 32.2. The van der Waals surface area contributed by atoms with Crippen LogP contribution >= 0.6 is 0 Å². The van der Waals surface area contributed by atoms with Gasteiger partial charge in [-0.25, -0.2) is 17.5 Å². The van der Waals surface area contributed by atoms with Crippen molar-refractivity contribution in [2.24, 2.45) is 5.92 Å². The third kappa shape index (κ3) is 5.15. The van der Waals surface area contributed by atoms with E-state index in [2.05, 4.69) is 16.5 Å². The van der Waals surface area contributed by atoms with Crippen molar-refractivity contribution >= 4 is 10.0 Å². The number of benzene rings is 2. The SMILES string of the molecule is Cc1ccc(S(=O)(=O)NCC2CCCN(C(C)c3ccc(F)cc3)C2)cc1. The van der Waals surface area contributed by atoms with Crippen LogP contribution in [-0.4, -0.2) is 33.0 Å². The van der Waals surface area contributed by atoms with Gasteiger partial charge >= 0.3 is 0 Å². The smallest absolute Gasteiger partial charge is 0.240 e. The molecule has 4 nitrogen and oxygen atoms in total. The number of rotatable bonds is 6. The highest BCUT2D eigenvalue weighted by molar-refractivity contribution is 7.89. The summed E-state index contributed by atoms with van der Waals surface area (Å²) in [6.45, 7) is 6.28. The van der Waals surface area contributed by atoms with Crippen molar-refractivity contribution in [3.63, 3.8) is 0 Å². The molecule has 0 bridgehead atoms. The first kappa shape index (κ1) is 20.0. The van der Waals surface area contributed by atoms with E-state index in [1.165, 1.54) is 12.1 Å². The summed E-state index contributed by atoms with van der Waals surface area (Å²) in [5, 5.41) is 0. The number of sulfonamides is 1. The van der Waals surface area contributed by atoms with E-state index < -0.39 is 10.0 Å². The Morgan fingerprint density at radius 2 is 1.81 bits per heavy atom. The molecule has 2 atom stereocenters. The zero-order chi connectivity index (χ0) is 19.4. The minimum atomic E-state index is -3.48. The first-order valence-electron chi connectivity index (χ1n) is 9.41. The molecule has 3 rings (SSSR count). The molecule has 1 saturated heterocycles. The molecule has 2 aromatic carbocycles. The molecule has 0 amide bonds. The summed E-state index contributed by atoms with van der Waals surface area (Å²) >= 11 is 0. The van der Waals surface area contributed by atoms with E-state index in [4.69, 9.17) is 0 Å². The van der Waals surface area contributed by atoms with Gasteiger partial charge in [0, 0.05) is 19.1 Å². The van der Waals surface area contributed by atoms with E-state index in [1.807, 2.05) is 19.1 Å². The summed E-state index contributed by atoms with van der Waals surface area (Å²) in [5.41, 5.74) is 2.11. The third-order valence-electron chi connectivity index (χ3n) is 5.34. The van der Waals surface area contributed by atoms with Crippen molar-refractivity contribution in [1.82, 2.24) is 9.62 Å². The van der Waals surface area contributed by atoms with Gasteiger partial charge in [-0.3, -0.25) is 4.90 Å². The van der Waals surface area contributed by atoms with Crippen LogP contribution in [0.5, 0.6) is 0 Å². The fourth-order valence-corrected chi connectivity index (χ4v) is 4.71. The minimum absolute atomic E-state index is 0.183. The number of nitrogens with one attached hydrogen (secondary N) is 1. The molecule has 0 spiro atoms. The second kappa shape index (κ2) is 8.50. The average Bonchev–Trinajstić information content (AvgIpc) is 2.67. The molecule has 1 heterocycles. The lowest BCUT2D eigenvalue weighted by molar-refractivity contribution is 0.133. The molecule has 146 valence electrons. The van der Waals surface area contributed by atoms with Gasteiger partial charge in [0.2, 0.25) is 10.0 Å². The van der Waals surface area contributed by atoms with Crippen LogP contribution in [0.4, 0.5) is 4.39 Å². The van der Waals surface area contributed by atoms with Crippen LogP contribution in [0.3, 0.4) is 0 Å². The standard InChI is InChI=1S/C21H27FN2O2S/c1-16-5-11-21(12-6-16)27(25,26)23-14-18-4-3-13-24(15-18)17(2)19-7-9-20(22)10-8-19/h5-12,17-18,23H,3-4,13-15H2,1-2H3. The van der Waals surface area contributed by atoms with E-state index in [0.29, 0.717) is 11.4 Å². The predicted molar refractivity (Wildman–Crippen MR) is 105 cm³/mol. The lowest BCUT2D eigenvalue weighted by Crippen LogP contribution is -2.41. The van der Waals surface area contributed by atoms with Crippen molar-refractivity contribution in [1.29, 1.82) is 0 Å². The highest BCUT2D eigenvalue weighted by Gasteiger charge is 2.25. The molecule has 2 unspecified atom stereocenters. The van der Waals surface area contributed by atoms with Crippen LogP contribution in [0.25, 0.3) is 0 Å². The van der Waals surface area contributed by atoms with Gasteiger partial charge in [0.05, 0.1) is 4.90 Å². The summed E-state index contributed by atoms with van der Waals surface area (Å²) in [6, 6.07) is 13.7. The van der Waals surface area contributed by atoms with E-state index in [-0.39, 0.29) is 17.8 Å². The molecule has 1 N–H and O–H groups in total. The van der Waals surface area contributed by atoms with Gasteiger partial charge in [0.25, 0.3) is 0 Å². The number of hydrogen-bond acceptors (Lipinski definition) is 3. The molecule has 0 aromatic heterocycles. The molecule has 1 aliphatic rings. The number of hydrogen-bond donors (Lipinski definition) is 1. The largest absolute Gasteiger partial charge is 0.296 e. The Bertz CT molecular complexity index is 851. The zero-order valence-corrected chi connectivity index (χ0v) is 16.7. The maximum atomic E-state index is 13.1. The summed E-state index contributed by atoms with van der Waals surface area (Å²) < 4.78 is 40.9. The van der Waals surface area contributed by atoms with Gasteiger partial charge in [-0.1, -0.05) is 29.8 Å². The van der Waals surface area contributed by atoms with Crippen molar-refractivity contribution in [3.8, 4) is 0 Å². The monoisotopic (exact) mass is 390 g/mol. The molecular weight excluding hydrogens is 363 g/mol. The summed E-state index contributed by atoms with van der Waals surface area (Å²) in [6.07, 6.45) is 2.03. The average molecular weight is 391 g/mol. The van der Waals surface area contributed by atoms with Crippen molar-refractivity contribution in [2.75, 3.05) is 19.6 Å². The molecule has 2 aromatic rings. The second-order valence-corrected chi connectivity index (χ2v) is 9.16. The van der Waals surface area contributed by atoms with Crippen LogP contribution < -0.4 is 4.72 Å². The van der Waals surface area contributed by atoms with E-state index in [1.54, 1.807) is 24.3 Å². The van der Waals surface area contributed by atoms with Crippen molar-refractivity contribution in [2.45, 2.75) is 37.6 Å². The van der Waals surface area contributed by atoms with Gasteiger partial charge in [-0.2, -0.15) is 0 Å². The summed E-state index contributed by atoms with van der Waals surface area (Å²) in [5.74, 6) is 0.0369. The van der Waals surface area contributed by atoms with Crippen molar-refractivity contribution < 1.29 is 12.8 Å². The molecule has 27 heavy (non-hydrogen) atoms. The lowest BCUT2D eigenvalue weighted by atomic mass is 9.95. The topological polar surface area (TPSA) is 49.4 Å². The maximum absolute atomic E-state index is 13.1. The molecular formula is C21H27FN2O2S. The number of aryl methyl sites for hydroxylation is 1. The van der Waals surface area contributed by atoms with E-state index in [0.717, 1.165) is 37.1 Å². The summed E-state index contributed by atoms with van der Waals surface area (Å²) in [7, 11) is -3.48. The molecule has 6 heteroatoms. The van der Waals surface area contributed by atoms with Crippen LogP contribution in [-0.2, 0) is 10.0 Å². The predicted octanol–water partition coefficient (Wildman–Crippen LogP) is 3.89. The lowest BCUT2D eigenvalue weighted by Gasteiger charge is -2.37. The van der Waals surface area contributed by atoms with Crippen LogP contribution in [0.2, 0.25) is 0 Å². The van der Waals surface area contributed by atoms with E-state index in [9.17, 15) is 12.8 Å². The zero-order valence-electron chi connectivity index (χ0n) is 15.9. The number of piperidine rings is 1. The Kier molecular flexibility index (Phi) is 6.29. The third-order valence-corrected chi connectivity index (χ3v) is 6.78. The van der Waals surface area contributed by atoms with Gasteiger partial charge in [0.15, 0.2) is 0 Å². The Hall–Kier alpha value is -1.76. The first-order chi connectivity index (χ1) is 12.8. The summed E-state index contributed by atoms with van der Waals surface area (Å²) in [4.78, 5) is 2.65. The maximum Gasteiger partial charge on any atom is 0.240 e. The van der Waals surface area contributed by atoms with Gasteiger partial charge in [-0.15, -0.1) is 0 Å². The number of halogens is 1. The number of nitrogens with zero attached hydrogens (tertiary/aromatic N) is 1. The fraction of sp³-hybridized carbons (Fsp3) is 0.429. The molecule has 0 saturated carbocycles. The Balaban J connectivity index is 1.59. The molecule has 0 aliphatic carbocycles. The Morgan fingerprint density at radius 3 is 2.48 bits per heavy atom. The highest BCUT2D eigenvalue weighted by Crippen LogP contribution is 2.26. The Labute approximate surface area is 161 Å². The van der Waals surface area contributed by atoms with Crippen LogP contribution in [0, 0.1) is 18.7 Å². The quantitative estimate of drug-likeness (QED) is 0.814. The van der Waals surface area contributed by atoms with Gasteiger partial charge in [-0.05, 0) is 69.0 Å². The number of likely N-dealkylation sites (tertiary alicyclic amines) is 1. The normalized spacial score (nSPS) is 19.7. The van der Waals surface area contributed by atoms with Gasteiger partial charge < -0.3 is 0 Å².